The number of fused-ring (bicyclic) bond motifs is 1. The van der Waals surface area contributed by atoms with Crippen LogP contribution < -0.4 is 10.1 Å². The number of benzene rings is 2. The third kappa shape index (κ3) is 3.03. The van der Waals surface area contributed by atoms with Crippen LogP contribution in [0.5, 0.6) is 5.75 Å². The standard InChI is InChI=1S/C18H14F2N2O2/c1-10-14(8-11-7-13(24-2)4-6-16(11)21-10)18(23)22-17-5-3-12(19)9-15(17)20/h3-9H,1-2H3,(H,22,23). The van der Waals surface area contributed by atoms with Crippen molar-refractivity contribution in [1.29, 1.82) is 0 Å². The van der Waals surface area contributed by atoms with Crippen LogP contribution in [0.15, 0.2) is 42.5 Å². The lowest BCUT2D eigenvalue weighted by molar-refractivity contribution is 0.102. The molecular weight excluding hydrogens is 314 g/mol. The Kier molecular flexibility index (Phi) is 4.12. The molecule has 4 nitrogen and oxygen atoms in total. The molecule has 0 aliphatic carbocycles. The first-order valence-electron chi connectivity index (χ1n) is 7.20. The van der Waals surface area contributed by atoms with E-state index in [0.29, 0.717) is 23.1 Å². The summed E-state index contributed by atoms with van der Waals surface area (Å²) in [5.74, 6) is -1.42. The Labute approximate surface area is 137 Å². The largest absolute Gasteiger partial charge is 0.497 e. The molecule has 0 saturated carbocycles. The van der Waals surface area contributed by atoms with Crippen LogP contribution in [0.1, 0.15) is 16.1 Å². The fourth-order valence-electron chi connectivity index (χ4n) is 2.39. The molecule has 0 bridgehead atoms. The number of anilines is 1. The minimum Gasteiger partial charge on any atom is -0.497 e. The van der Waals surface area contributed by atoms with Crippen LogP contribution >= 0.6 is 0 Å². The predicted octanol–water partition coefficient (Wildman–Crippen LogP) is 4.08. The summed E-state index contributed by atoms with van der Waals surface area (Å²) >= 11 is 0. The van der Waals surface area contributed by atoms with Crippen LogP contribution in [-0.4, -0.2) is 18.0 Å². The summed E-state index contributed by atoms with van der Waals surface area (Å²) in [5.41, 5.74) is 1.44. The van der Waals surface area contributed by atoms with E-state index in [1.165, 1.54) is 6.07 Å². The molecule has 2 aromatic carbocycles. The minimum atomic E-state index is -0.837. The lowest BCUT2D eigenvalue weighted by Crippen LogP contribution is -2.15. The van der Waals surface area contributed by atoms with Gasteiger partial charge in [-0.2, -0.15) is 0 Å². The molecule has 3 aromatic rings. The van der Waals surface area contributed by atoms with Gasteiger partial charge in [-0.3, -0.25) is 9.78 Å². The topological polar surface area (TPSA) is 51.2 Å². The summed E-state index contributed by atoms with van der Waals surface area (Å²) in [6.45, 7) is 1.69. The first kappa shape index (κ1) is 15.9. The summed E-state index contributed by atoms with van der Waals surface area (Å²) in [4.78, 5) is 16.8. The van der Waals surface area contributed by atoms with Gasteiger partial charge < -0.3 is 10.1 Å². The number of rotatable bonds is 3. The lowest BCUT2D eigenvalue weighted by atomic mass is 10.1. The zero-order chi connectivity index (χ0) is 17.3. The van der Waals surface area contributed by atoms with E-state index in [2.05, 4.69) is 10.3 Å². The Balaban J connectivity index is 1.98. The van der Waals surface area contributed by atoms with Gasteiger partial charge in [0, 0.05) is 11.5 Å². The number of amides is 1. The van der Waals surface area contributed by atoms with E-state index in [1.54, 1.807) is 38.3 Å². The molecule has 0 spiro atoms. The Morgan fingerprint density at radius 2 is 1.92 bits per heavy atom. The molecule has 6 heteroatoms. The van der Waals surface area contributed by atoms with Crippen LogP contribution in [0, 0.1) is 18.6 Å². The molecule has 24 heavy (non-hydrogen) atoms. The number of aryl methyl sites for hydroxylation is 1. The van der Waals surface area contributed by atoms with Crippen molar-refractivity contribution in [1.82, 2.24) is 4.98 Å². The minimum absolute atomic E-state index is 0.0912. The van der Waals surface area contributed by atoms with Crippen molar-refractivity contribution in [3.8, 4) is 5.75 Å². The lowest BCUT2D eigenvalue weighted by Gasteiger charge is -2.10. The number of nitrogens with zero attached hydrogens (tertiary/aromatic N) is 1. The quantitative estimate of drug-likeness (QED) is 0.788. The maximum atomic E-state index is 13.7. The molecule has 122 valence electrons. The molecule has 1 heterocycles. The van der Waals surface area contributed by atoms with Gasteiger partial charge in [0.1, 0.15) is 17.4 Å². The van der Waals surface area contributed by atoms with Gasteiger partial charge in [0.15, 0.2) is 0 Å². The maximum absolute atomic E-state index is 13.7. The molecule has 0 aliphatic heterocycles. The number of hydrogen-bond donors (Lipinski definition) is 1. The van der Waals surface area contributed by atoms with Crippen LogP contribution in [0.2, 0.25) is 0 Å². The summed E-state index contributed by atoms with van der Waals surface area (Å²) in [6, 6.07) is 9.97. The second kappa shape index (κ2) is 6.23. The van der Waals surface area contributed by atoms with E-state index < -0.39 is 17.5 Å². The smallest absolute Gasteiger partial charge is 0.257 e. The number of aromatic nitrogens is 1. The molecule has 0 aliphatic rings. The van der Waals surface area contributed by atoms with Gasteiger partial charge in [0.2, 0.25) is 0 Å². The summed E-state index contributed by atoms with van der Waals surface area (Å²) in [5, 5.41) is 3.16. The SMILES string of the molecule is COc1ccc2nc(C)c(C(=O)Nc3ccc(F)cc3F)cc2c1. The Morgan fingerprint density at radius 1 is 1.12 bits per heavy atom. The van der Waals surface area contributed by atoms with Crippen molar-refractivity contribution in [2.45, 2.75) is 6.92 Å². The zero-order valence-corrected chi connectivity index (χ0v) is 13.1. The van der Waals surface area contributed by atoms with Gasteiger partial charge in [0.05, 0.1) is 29.6 Å². The third-order valence-electron chi connectivity index (χ3n) is 3.64. The number of halogens is 2. The number of nitrogens with one attached hydrogen (secondary N) is 1. The van der Waals surface area contributed by atoms with Crippen molar-refractivity contribution in [3.63, 3.8) is 0 Å². The monoisotopic (exact) mass is 328 g/mol. The average Bonchev–Trinajstić information content (AvgIpc) is 2.56. The normalized spacial score (nSPS) is 10.7. The highest BCUT2D eigenvalue weighted by atomic mass is 19.1. The van der Waals surface area contributed by atoms with E-state index in [9.17, 15) is 13.6 Å². The molecule has 3 rings (SSSR count). The first-order chi connectivity index (χ1) is 11.5. The summed E-state index contributed by atoms with van der Waals surface area (Å²) in [7, 11) is 1.55. The Hall–Kier alpha value is -3.02. The molecule has 1 amide bonds. The molecule has 0 radical (unpaired) electrons. The van der Waals surface area contributed by atoms with Gasteiger partial charge in [-0.1, -0.05) is 0 Å². The highest BCUT2D eigenvalue weighted by molar-refractivity contribution is 6.06. The van der Waals surface area contributed by atoms with Crippen molar-refractivity contribution in [2.24, 2.45) is 0 Å². The van der Waals surface area contributed by atoms with Gasteiger partial charge in [-0.15, -0.1) is 0 Å². The van der Waals surface area contributed by atoms with Crippen molar-refractivity contribution < 1.29 is 18.3 Å². The van der Waals surface area contributed by atoms with Crippen LogP contribution in [-0.2, 0) is 0 Å². The van der Waals surface area contributed by atoms with Crippen molar-refractivity contribution >= 4 is 22.5 Å². The number of methoxy groups -OCH3 is 1. The second-order valence-electron chi connectivity index (χ2n) is 5.26. The highest BCUT2D eigenvalue weighted by Gasteiger charge is 2.14. The fourth-order valence-corrected chi connectivity index (χ4v) is 2.39. The summed E-state index contributed by atoms with van der Waals surface area (Å²) < 4.78 is 31.8. The molecule has 1 N–H and O–H groups in total. The zero-order valence-electron chi connectivity index (χ0n) is 13.1. The number of hydrogen-bond acceptors (Lipinski definition) is 3. The summed E-state index contributed by atoms with van der Waals surface area (Å²) in [6.07, 6.45) is 0. The number of carbonyl (C=O) groups is 1. The fraction of sp³-hybridized carbons (Fsp3) is 0.111. The Bertz CT molecular complexity index is 942. The second-order valence-corrected chi connectivity index (χ2v) is 5.26. The van der Waals surface area contributed by atoms with Gasteiger partial charge in [0.25, 0.3) is 5.91 Å². The van der Waals surface area contributed by atoms with Gasteiger partial charge >= 0.3 is 0 Å². The van der Waals surface area contributed by atoms with E-state index in [1.807, 2.05) is 0 Å². The number of ether oxygens (including phenoxy) is 1. The van der Waals surface area contributed by atoms with E-state index >= 15 is 0 Å². The van der Waals surface area contributed by atoms with Crippen LogP contribution in [0.3, 0.4) is 0 Å². The molecule has 1 aromatic heterocycles. The number of pyridine rings is 1. The maximum Gasteiger partial charge on any atom is 0.257 e. The van der Waals surface area contributed by atoms with E-state index in [4.69, 9.17) is 4.74 Å². The predicted molar refractivity (Wildman–Crippen MR) is 87.3 cm³/mol. The molecule has 0 unspecified atom stereocenters. The third-order valence-corrected chi connectivity index (χ3v) is 3.64. The van der Waals surface area contributed by atoms with Gasteiger partial charge in [-0.05, 0) is 43.3 Å². The molecule has 0 fully saturated rings. The average molecular weight is 328 g/mol. The number of carbonyl (C=O) groups excluding carboxylic acids is 1. The van der Waals surface area contributed by atoms with Crippen LogP contribution in [0.4, 0.5) is 14.5 Å². The van der Waals surface area contributed by atoms with Gasteiger partial charge in [-0.25, -0.2) is 8.78 Å². The van der Waals surface area contributed by atoms with Crippen LogP contribution in [0.25, 0.3) is 10.9 Å². The van der Waals surface area contributed by atoms with Crippen molar-refractivity contribution in [2.75, 3.05) is 12.4 Å². The van der Waals surface area contributed by atoms with Crippen molar-refractivity contribution in [3.05, 3.63) is 65.4 Å². The van der Waals surface area contributed by atoms with E-state index in [-0.39, 0.29) is 5.69 Å². The molecule has 0 saturated heterocycles. The Morgan fingerprint density at radius 3 is 2.62 bits per heavy atom. The van der Waals surface area contributed by atoms with E-state index in [0.717, 1.165) is 17.0 Å². The molecule has 0 atom stereocenters. The highest BCUT2D eigenvalue weighted by Crippen LogP contribution is 2.23. The molecular formula is C18H14F2N2O2. The first-order valence-corrected chi connectivity index (χ1v) is 7.20.